The largest absolute Gasteiger partial charge is 0.472 e. The predicted octanol–water partition coefficient (Wildman–Crippen LogP) is 1.51. The molecule has 2 aromatic rings. The van der Waals surface area contributed by atoms with E-state index in [-0.39, 0.29) is 0 Å². The van der Waals surface area contributed by atoms with E-state index in [1.807, 2.05) is 12.1 Å². The minimum Gasteiger partial charge on any atom is -0.472 e. The molecule has 0 spiro atoms. The molecule has 0 unspecified atom stereocenters. The van der Waals surface area contributed by atoms with Gasteiger partial charge in [-0.25, -0.2) is 5.14 Å². The quantitative estimate of drug-likeness (QED) is 0.764. The van der Waals surface area contributed by atoms with E-state index >= 15 is 0 Å². The van der Waals surface area contributed by atoms with Crippen molar-refractivity contribution in [2.75, 3.05) is 10.0 Å². The zero-order valence-electron chi connectivity index (χ0n) is 9.46. The van der Waals surface area contributed by atoms with Crippen LogP contribution in [-0.2, 0) is 16.8 Å². The van der Waals surface area contributed by atoms with Gasteiger partial charge in [0.25, 0.3) is 10.2 Å². The fourth-order valence-electron chi connectivity index (χ4n) is 1.45. The van der Waals surface area contributed by atoms with Crippen LogP contribution < -0.4 is 15.2 Å². The van der Waals surface area contributed by atoms with E-state index in [1.165, 1.54) is 0 Å². The van der Waals surface area contributed by atoms with E-state index in [2.05, 4.69) is 10.0 Å². The van der Waals surface area contributed by atoms with Gasteiger partial charge < -0.3 is 9.73 Å². The first-order chi connectivity index (χ1) is 8.53. The second kappa shape index (κ2) is 5.11. The van der Waals surface area contributed by atoms with Gasteiger partial charge in [-0.05, 0) is 24.3 Å². The van der Waals surface area contributed by atoms with Crippen LogP contribution in [-0.4, -0.2) is 8.42 Å². The normalized spacial score (nSPS) is 11.2. The zero-order valence-corrected chi connectivity index (χ0v) is 10.3. The SMILES string of the molecule is NS(=O)(=O)Nc1cccc(NCc2ccoc2)c1. The Kier molecular flexibility index (Phi) is 3.54. The second-order valence-electron chi connectivity index (χ2n) is 3.71. The molecular weight excluding hydrogens is 254 g/mol. The minimum absolute atomic E-state index is 0.412. The first-order valence-corrected chi connectivity index (χ1v) is 6.73. The van der Waals surface area contributed by atoms with Crippen molar-refractivity contribution in [3.05, 3.63) is 48.4 Å². The molecule has 0 atom stereocenters. The summed E-state index contributed by atoms with van der Waals surface area (Å²) in [5.74, 6) is 0. The summed E-state index contributed by atoms with van der Waals surface area (Å²) in [7, 11) is -3.74. The van der Waals surface area contributed by atoms with Crippen molar-refractivity contribution >= 4 is 21.6 Å². The Bertz CT molecular complexity index is 608. The predicted molar refractivity (Wildman–Crippen MR) is 69.2 cm³/mol. The maximum Gasteiger partial charge on any atom is 0.296 e. The Hall–Kier alpha value is -1.99. The standard InChI is InChI=1S/C11H13N3O3S/c12-18(15,16)14-11-3-1-2-10(6-11)13-7-9-4-5-17-8-9/h1-6,8,13-14H,7H2,(H2,12,15,16). The number of furan rings is 1. The highest BCUT2D eigenvalue weighted by molar-refractivity contribution is 7.90. The minimum atomic E-state index is -3.74. The van der Waals surface area contributed by atoms with Crippen LogP contribution in [0.2, 0.25) is 0 Å². The molecule has 96 valence electrons. The van der Waals surface area contributed by atoms with Gasteiger partial charge in [-0.1, -0.05) is 6.07 Å². The lowest BCUT2D eigenvalue weighted by molar-refractivity contribution is 0.564. The molecule has 0 bridgehead atoms. The maximum atomic E-state index is 10.9. The summed E-state index contributed by atoms with van der Waals surface area (Å²) in [6.07, 6.45) is 3.23. The van der Waals surface area contributed by atoms with Gasteiger partial charge in [0, 0.05) is 17.8 Å². The van der Waals surface area contributed by atoms with Crippen molar-refractivity contribution in [2.45, 2.75) is 6.54 Å². The van der Waals surface area contributed by atoms with Crippen molar-refractivity contribution in [2.24, 2.45) is 5.14 Å². The molecule has 0 aliphatic rings. The molecule has 1 aromatic carbocycles. The lowest BCUT2D eigenvalue weighted by Gasteiger charge is -2.08. The highest BCUT2D eigenvalue weighted by atomic mass is 32.2. The van der Waals surface area contributed by atoms with Gasteiger partial charge in [-0.3, -0.25) is 4.72 Å². The van der Waals surface area contributed by atoms with Crippen molar-refractivity contribution < 1.29 is 12.8 Å². The number of hydrogen-bond acceptors (Lipinski definition) is 4. The zero-order chi connectivity index (χ0) is 13.0. The smallest absolute Gasteiger partial charge is 0.296 e. The Morgan fingerprint density at radius 3 is 2.67 bits per heavy atom. The molecule has 1 heterocycles. The van der Waals surface area contributed by atoms with Gasteiger partial charge >= 0.3 is 0 Å². The van der Waals surface area contributed by atoms with E-state index in [0.29, 0.717) is 12.2 Å². The highest BCUT2D eigenvalue weighted by Gasteiger charge is 2.02. The van der Waals surface area contributed by atoms with Crippen molar-refractivity contribution in [3.63, 3.8) is 0 Å². The summed E-state index contributed by atoms with van der Waals surface area (Å²) in [5, 5.41) is 8.03. The third-order valence-corrected chi connectivity index (χ3v) is 2.72. The molecule has 0 saturated heterocycles. The number of anilines is 2. The monoisotopic (exact) mass is 267 g/mol. The summed E-state index contributed by atoms with van der Waals surface area (Å²) in [4.78, 5) is 0. The Labute approximate surface area is 105 Å². The molecule has 0 amide bonds. The number of nitrogens with one attached hydrogen (secondary N) is 2. The summed E-state index contributed by atoms with van der Waals surface area (Å²) in [6, 6.07) is 8.68. The Morgan fingerprint density at radius 1 is 1.22 bits per heavy atom. The summed E-state index contributed by atoms with van der Waals surface area (Å²) < 4.78 is 28.9. The average Bonchev–Trinajstić information content (AvgIpc) is 2.77. The van der Waals surface area contributed by atoms with Crippen LogP contribution in [0.1, 0.15) is 5.56 Å². The van der Waals surface area contributed by atoms with Crippen molar-refractivity contribution in [3.8, 4) is 0 Å². The first-order valence-electron chi connectivity index (χ1n) is 5.18. The molecule has 6 nitrogen and oxygen atoms in total. The maximum absolute atomic E-state index is 10.9. The van der Waals surface area contributed by atoms with Gasteiger partial charge in [0.1, 0.15) is 0 Å². The van der Waals surface area contributed by atoms with Crippen LogP contribution >= 0.6 is 0 Å². The molecule has 1 aromatic heterocycles. The molecule has 0 fully saturated rings. The van der Waals surface area contributed by atoms with Crippen molar-refractivity contribution in [1.82, 2.24) is 0 Å². The Balaban J connectivity index is 2.03. The molecule has 7 heteroatoms. The molecule has 0 aliphatic carbocycles. The Morgan fingerprint density at radius 2 is 2.00 bits per heavy atom. The summed E-state index contributed by atoms with van der Waals surface area (Å²) >= 11 is 0. The van der Waals surface area contributed by atoms with Crippen LogP contribution in [0, 0.1) is 0 Å². The molecule has 0 saturated carbocycles. The molecule has 2 rings (SSSR count). The third kappa shape index (κ3) is 3.79. The molecular formula is C11H13N3O3S. The average molecular weight is 267 g/mol. The van der Waals surface area contributed by atoms with E-state index in [4.69, 9.17) is 9.56 Å². The number of hydrogen-bond donors (Lipinski definition) is 3. The summed E-state index contributed by atoms with van der Waals surface area (Å²) in [5.41, 5.74) is 2.19. The van der Waals surface area contributed by atoms with Crippen LogP contribution in [0.4, 0.5) is 11.4 Å². The number of rotatable bonds is 5. The molecule has 4 N–H and O–H groups in total. The van der Waals surface area contributed by atoms with Gasteiger partial charge in [0.15, 0.2) is 0 Å². The van der Waals surface area contributed by atoms with Crippen molar-refractivity contribution in [1.29, 1.82) is 0 Å². The second-order valence-corrected chi connectivity index (χ2v) is 5.01. The number of nitrogens with two attached hydrogens (primary N) is 1. The summed E-state index contributed by atoms with van der Waals surface area (Å²) in [6.45, 7) is 0.593. The van der Waals surface area contributed by atoms with E-state index in [9.17, 15) is 8.42 Å². The van der Waals surface area contributed by atoms with Crippen LogP contribution in [0.25, 0.3) is 0 Å². The van der Waals surface area contributed by atoms with E-state index in [0.717, 1.165) is 11.3 Å². The highest BCUT2D eigenvalue weighted by Crippen LogP contribution is 2.16. The van der Waals surface area contributed by atoms with Gasteiger partial charge in [-0.2, -0.15) is 8.42 Å². The molecule has 18 heavy (non-hydrogen) atoms. The molecule has 0 aliphatic heterocycles. The van der Waals surface area contributed by atoms with Crippen LogP contribution in [0.3, 0.4) is 0 Å². The topological polar surface area (TPSA) is 97.4 Å². The number of benzene rings is 1. The van der Waals surface area contributed by atoms with Crippen LogP contribution in [0.15, 0.2) is 47.3 Å². The van der Waals surface area contributed by atoms with E-state index < -0.39 is 10.2 Å². The van der Waals surface area contributed by atoms with Gasteiger partial charge in [-0.15, -0.1) is 0 Å². The first kappa shape index (κ1) is 12.5. The van der Waals surface area contributed by atoms with E-state index in [1.54, 1.807) is 30.7 Å². The lowest BCUT2D eigenvalue weighted by Crippen LogP contribution is -2.21. The fourth-order valence-corrected chi connectivity index (χ4v) is 1.91. The van der Waals surface area contributed by atoms with Gasteiger partial charge in [0.2, 0.25) is 0 Å². The molecule has 0 radical (unpaired) electrons. The van der Waals surface area contributed by atoms with Gasteiger partial charge in [0.05, 0.1) is 18.2 Å². The lowest BCUT2D eigenvalue weighted by atomic mass is 10.2. The van der Waals surface area contributed by atoms with Crippen LogP contribution in [0.5, 0.6) is 0 Å². The third-order valence-electron chi connectivity index (χ3n) is 2.20. The fraction of sp³-hybridized carbons (Fsp3) is 0.0909.